The van der Waals surface area contributed by atoms with Gasteiger partial charge in [0.15, 0.2) is 0 Å². The Hall–Kier alpha value is -5.71. The summed E-state index contributed by atoms with van der Waals surface area (Å²) < 4.78 is 5.44. The van der Waals surface area contributed by atoms with Crippen molar-refractivity contribution in [3.8, 4) is 0 Å². The summed E-state index contributed by atoms with van der Waals surface area (Å²) in [7, 11) is 1.44. The quantitative estimate of drug-likeness (QED) is 0.256. The van der Waals surface area contributed by atoms with Gasteiger partial charge in [-0.3, -0.25) is 19.3 Å². The summed E-state index contributed by atoms with van der Waals surface area (Å²) >= 11 is 0. The number of carboxylic acid groups (broad SMARTS) is 1. The molecular weight excluding hydrogens is 624 g/mol. The monoisotopic (exact) mass is 664 g/mol. The summed E-state index contributed by atoms with van der Waals surface area (Å²) in [5.74, 6) is -2.68. The number of anilines is 2. The van der Waals surface area contributed by atoms with Gasteiger partial charge in [0, 0.05) is 12.6 Å². The third kappa shape index (κ3) is 7.40. The Morgan fingerprint density at radius 1 is 0.918 bits per heavy atom. The first-order chi connectivity index (χ1) is 23.2. The van der Waals surface area contributed by atoms with Gasteiger partial charge in [0.25, 0.3) is 11.8 Å². The molecule has 11 nitrogen and oxygen atoms in total. The van der Waals surface area contributed by atoms with Crippen molar-refractivity contribution in [2.45, 2.75) is 58.8 Å². The van der Waals surface area contributed by atoms with Crippen LogP contribution in [0.25, 0.3) is 10.8 Å². The molecule has 0 aliphatic carbocycles. The number of hydrogen-bond donors (Lipinski definition) is 2. The predicted molar refractivity (Wildman–Crippen MR) is 187 cm³/mol. The lowest BCUT2D eigenvalue weighted by molar-refractivity contribution is -0.130. The van der Waals surface area contributed by atoms with Gasteiger partial charge in [-0.1, -0.05) is 48.5 Å². The zero-order valence-electron chi connectivity index (χ0n) is 28.4. The van der Waals surface area contributed by atoms with E-state index in [0.29, 0.717) is 11.4 Å². The van der Waals surface area contributed by atoms with Crippen LogP contribution in [0.5, 0.6) is 0 Å². The van der Waals surface area contributed by atoms with Gasteiger partial charge < -0.3 is 25.0 Å². The number of carboxylic acids is 1. The van der Waals surface area contributed by atoms with Crippen molar-refractivity contribution in [1.82, 2.24) is 10.2 Å². The van der Waals surface area contributed by atoms with Crippen LogP contribution in [-0.2, 0) is 20.9 Å². The number of nitrogens with zero attached hydrogens (tertiary/aromatic N) is 3. The Balaban J connectivity index is 1.57. The highest BCUT2D eigenvalue weighted by Crippen LogP contribution is 2.36. The number of para-hydroxylation sites is 2. The number of ether oxygens (including phenoxy) is 1. The second-order valence-electron chi connectivity index (χ2n) is 13.1. The van der Waals surface area contributed by atoms with Crippen LogP contribution in [0, 0.1) is 6.92 Å². The minimum atomic E-state index is -1.22. The number of aryl methyl sites for hydroxylation is 1. The Bertz CT molecular complexity index is 1930. The van der Waals surface area contributed by atoms with Gasteiger partial charge in [-0.05, 0) is 92.9 Å². The molecule has 0 spiro atoms. The lowest BCUT2D eigenvalue weighted by atomic mass is 9.99. The summed E-state index contributed by atoms with van der Waals surface area (Å²) in [6.45, 7) is 8.58. The Labute approximate surface area is 285 Å². The van der Waals surface area contributed by atoms with E-state index in [1.807, 2.05) is 43.3 Å². The first-order valence-electron chi connectivity index (χ1n) is 16.0. The van der Waals surface area contributed by atoms with Crippen LogP contribution in [0.4, 0.5) is 16.2 Å². The van der Waals surface area contributed by atoms with E-state index in [1.165, 1.54) is 43.1 Å². The van der Waals surface area contributed by atoms with E-state index in [2.05, 4.69) is 5.32 Å². The van der Waals surface area contributed by atoms with Crippen molar-refractivity contribution in [3.63, 3.8) is 0 Å². The molecule has 49 heavy (non-hydrogen) atoms. The minimum Gasteiger partial charge on any atom is -0.478 e. The Morgan fingerprint density at radius 3 is 2.18 bits per heavy atom. The molecule has 0 aromatic heterocycles. The van der Waals surface area contributed by atoms with Gasteiger partial charge in [-0.2, -0.15) is 0 Å². The molecular formula is C38H40N4O7. The topological polar surface area (TPSA) is 137 Å². The molecule has 0 bridgehead atoms. The van der Waals surface area contributed by atoms with Crippen LogP contribution in [0.2, 0.25) is 0 Å². The average Bonchev–Trinajstić information content (AvgIpc) is 3.18. The van der Waals surface area contributed by atoms with Crippen molar-refractivity contribution in [3.05, 3.63) is 107 Å². The number of aromatic carboxylic acids is 1. The molecule has 2 atom stereocenters. The minimum absolute atomic E-state index is 0.0212. The molecule has 0 saturated heterocycles. The molecule has 254 valence electrons. The molecule has 4 aromatic carbocycles. The van der Waals surface area contributed by atoms with Crippen LogP contribution in [-0.4, -0.2) is 71.1 Å². The highest BCUT2D eigenvalue weighted by atomic mass is 16.6. The third-order valence-electron chi connectivity index (χ3n) is 8.57. The molecule has 0 radical (unpaired) electrons. The second-order valence-corrected chi connectivity index (χ2v) is 13.1. The van der Waals surface area contributed by atoms with Gasteiger partial charge >= 0.3 is 12.1 Å². The highest BCUT2D eigenvalue weighted by Gasteiger charge is 2.39. The van der Waals surface area contributed by atoms with Gasteiger partial charge in [0.05, 0.1) is 30.0 Å². The van der Waals surface area contributed by atoms with Crippen LogP contribution in [0.3, 0.4) is 0 Å². The van der Waals surface area contributed by atoms with Crippen LogP contribution in [0.1, 0.15) is 59.5 Å². The maximum absolute atomic E-state index is 14.6. The lowest BCUT2D eigenvalue weighted by Gasteiger charge is -2.30. The molecule has 1 heterocycles. The number of benzene rings is 4. The van der Waals surface area contributed by atoms with Crippen molar-refractivity contribution < 1.29 is 33.8 Å². The summed E-state index contributed by atoms with van der Waals surface area (Å²) in [5.41, 5.74) is 2.22. The van der Waals surface area contributed by atoms with E-state index in [9.17, 15) is 29.1 Å². The molecule has 1 aliphatic heterocycles. The zero-order valence-corrected chi connectivity index (χ0v) is 28.4. The zero-order chi connectivity index (χ0) is 35.6. The molecule has 4 aromatic rings. The van der Waals surface area contributed by atoms with Gasteiger partial charge in [0.1, 0.15) is 17.7 Å². The molecule has 0 fully saturated rings. The van der Waals surface area contributed by atoms with Gasteiger partial charge in [0.2, 0.25) is 5.91 Å². The first kappa shape index (κ1) is 34.6. The van der Waals surface area contributed by atoms with E-state index in [-0.39, 0.29) is 24.2 Å². The molecule has 5 rings (SSSR count). The van der Waals surface area contributed by atoms with Crippen molar-refractivity contribution in [1.29, 1.82) is 0 Å². The average molecular weight is 665 g/mol. The molecule has 1 aliphatic rings. The van der Waals surface area contributed by atoms with E-state index >= 15 is 0 Å². The number of rotatable bonds is 7. The fourth-order valence-electron chi connectivity index (χ4n) is 5.73. The molecule has 2 unspecified atom stereocenters. The second kappa shape index (κ2) is 13.8. The number of likely N-dealkylation sites (N-methyl/N-ethyl adjacent to an activating group) is 1. The molecule has 11 heteroatoms. The number of amides is 4. The van der Waals surface area contributed by atoms with Gasteiger partial charge in [-0.25, -0.2) is 9.59 Å². The highest BCUT2D eigenvalue weighted by molar-refractivity contribution is 6.13. The third-order valence-corrected chi connectivity index (χ3v) is 8.57. The summed E-state index contributed by atoms with van der Waals surface area (Å²) in [4.78, 5) is 70.9. The SMILES string of the molecule is Cc1ccc2ccccc2c1CN1C(=O)C(NC(=O)C(C)N(C)C(=O)OC(C)(C)C)CN(C(=O)c2ccc(C(=O)O)cc2)c2ccccc21. The number of fused-ring (bicyclic) bond motifs is 2. The lowest BCUT2D eigenvalue weighted by Crippen LogP contribution is -2.57. The summed E-state index contributed by atoms with van der Waals surface area (Å²) in [5, 5.41) is 14.2. The smallest absolute Gasteiger partial charge is 0.410 e. The van der Waals surface area contributed by atoms with E-state index in [1.54, 1.807) is 49.9 Å². The molecule has 0 saturated carbocycles. The Morgan fingerprint density at radius 2 is 1.53 bits per heavy atom. The van der Waals surface area contributed by atoms with Gasteiger partial charge in [-0.15, -0.1) is 0 Å². The van der Waals surface area contributed by atoms with E-state index in [4.69, 9.17) is 4.74 Å². The number of carbonyl (C=O) groups is 5. The Kier molecular flexibility index (Phi) is 9.75. The summed E-state index contributed by atoms with van der Waals surface area (Å²) in [6, 6.07) is 22.2. The standard InChI is InChI=1S/C38H40N4O7/c1-23-15-16-25-11-7-8-12-28(25)29(23)21-41-31-13-9-10-14-32(31)42(34(44)26-17-19-27(20-18-26)36(46)47)22-30(35(41)45)39-33(43)24(2)40(6)37(48)49-38(3,4)5/h7-20,24,30H,21-22H2,1-6H3,(H,39,43)(H,46,47). The first-order valence-corrected chi connectivity index (χ1v) is 16.0. The molecule has 2 N–H and O–H groups in total. The maximum atomic E-state index is 14.6. The predicted octanol–water partition coefficient (Wildman–Crippen LogP) is 5.78. The number of hydrogen-bond acceptors (Lipinski definition) is 6. The summed E-state index contributed by atoms with van der Waals surface area (Å²) in [6.07, 6.45) is -0.704. The van der Waals surface area contributed by atoms with E-state index < -0.39 is 47.5 Å². The fourth-order valence-corrected chi connectivity index (χ4v) is 5.73. The van der Waals surface area contributed by atoms with Crippen LogP contribution >= 0.6 is 0 Å². The fraction of sp³-hybridized carbons (Fsp3) is 0.289. The normalized spacial score (nSPS) is 15.2. The van der Waals surface area contributed by atoms with Crippen molar-refractivity contribution in [2.75, 3.05) is 23.4 Å². The maximum Gasteiger partial charge on any atom is 0.410 e. The largest absolute Gasteiger partial charge is 0.478 e. The molecule has 4 amide bonds. The number of carbonyl (C=O) groups excluding carboxylic acids is 4. The van der Waals surface area contributed by atoms with Crippen molar-refractivity contribution in [2.24, 2.45) is 0 Å². The van der Waals surface area contributed by atoms with E-state index in [0.717, 1.165) is 26.8 Å². The van der Waals surface area contributed by atoms with Crippen molar-refractivity contribution >= 4 is 51.9 Å². The van der Waals surface area contributed by atoms with Crippen LogP contribution in [0.15, 0.2) is 84.9 Å². The van der Waals surface area contributed by atoms with Crippen LogP contribution < -0.4 is 15.1 Å². The number of nitrogens with one attached hydrogen (secondary N) is 1.